The van der Waals surface area contributed by atoms with Gasteiger partial charge in [-0.3, -0.25) is 4.79 Å². The predicted molar refractivity (Wildman–Crippen MR) is 83.6 cm³/mol. The van der Waals surface area contributed by atoms with E-state index in [9.17, 15) is 9.18 Å². The number of nitrogen functional groups attached to an aromatic ring is 1. The summed E-state index contributed by atoms with van der Waals surface area (Å²) in [6.07, 6.45) is 0. The summed E-state index contributed by atoms with van der Waals surface area (Å²) in [5.41, 5.74) is 7.64. The number of carboxylic acids is 1. The second-order valence-electron chi connectivity index (χ2n) is 4.59. The Morgan fingerprint density at radius 1 is 1.29 bits per heavy atom. The maximum Gasteiger partial charge on any atom is 0.323 e. The molecule has 0 heterocycles. The van der Waals surface area contributed by atoms with Gasteiger partial charge < -0.3 is 15.7 Å². The molecule has 0 radical (unpaired) electrons. The molecule has 110 valence electrons. The zero-order valence-electron chi connectivity index (χ0n) is 11.1. The van der Waals surface area contributed by atoms with Crippen molar-refractivity contribution >= 4 is 33.3 Å². The molecule has 2 aromatic carbocycles. The van der Waals surface area contributed by atoms with E-state index in [1.165, 1.54) is 12.1 Å². The molecule has 0 unspecified atom stereocenters. The van der Waals surface area contributed by atoms with Crippen LogP contribution in [0.3, 0.4) is 0 Å². The van der Waals surface area contributed by atoms with E-state index in [0.29, 0.717) is 21.4 Å². The molecule has 2 aromatic rings. The van der Waals surface area contributed by atoms with Gasteiger partial charge in [0.25, 0.3) is 0 Å². The molecule has 21 heavy (non-hydrogen) atoms. The van der Waals surface area contributed by atoms with E-state index in [1.54, 1.807) is 35.2 Å². The van der Waals surface area contributed by atoms with E-state index in [1.807, 2.05) is 0 Å². The van der Waals surface area contributed by atoms with Crippen LogP contribution in [-0.2, 0) is 11.3 Å². The van der Waals surface area contributed by atoms with Gasteiger partial charge in [0.05, 0.1) is 11.4 Å². The molecule has 0 bridgehead atoms. The number of para-hydroxylation sites is 2. The lowest BCUT2D eigenvalue weighted by molar-refractivity contribution is -0.135. The van der Waals surface area contributed by atoms with Crippen LogP contribution in [0.25, 0.3) is 0 Å². The first-order valence-electron chi connectivity index (χ1n) is 6.22. The lowest BCUT2D eigenvalue weighted by Crippen LogP contribution is -2.29. The van der Waals surface area contributed by atoms with Crippen LogP contribution in [0.2, 0.25) is 0 Å². The lowest BCUT2D eigenvalue weighted by Gasteiger charge is -2.24. The largest absolute Gasteiger partial charge is 0.480 e. The Kier molecular flexibility index (Phi) is 4.80. The Balaban J connectivity index is 2.32. The Hall–Kier alpha value is -2.08. The van der Waals surface area contributed by atoms with Crippen LogP contribution in [0.15, 0.2) is 46.9 Å². The van der Waals surface area contributed by atoms with Gasteiger partial charge in [-0.15, -0.1) is 0 Å². The van der Waals surface area contributed by atoms with Crippen LogP contribution in [0.1, 0.15) is 5.56 Å². The molecule has 6 heteroatoms. The highest BCUT2D eigenvalue weighted by Gasteiger charge is 2.14. The first kappa shape index (κ1) is 15.3. The SMILES string of the molecule is Nc1ccccc1N(CC(=O)O)Cc1cc(F)cc(Br)c1. The van der Waals surface area contributed by atoms with Crippen molar-refractivity contribution in [3.8, 4) is 0 Å². The van der Waals surface area contributed by atoms with Crippen LogP contribution in [0.5, 0.6) is 0 Å². The van der Waals surface area contributed by atoms with Gasteiger partial charge in [-0.05, 0) is 35.9 Å². The summed E-state index contributed by atoms with van der Waals surface area (Å²) in [5, 5.41) is 9.06. The third-order valence-electron chi connectivity index (χ3n) is 2.90. The summed E-state index contributed by atoms with van der Waals surface area (Å²) in [5.74, 6) is -1.36. The number of nitrogens with two attached hydrogens (primary N) is 1. The second-order valence-corrected chi connectivity index (χ2v) is 5.50. The first-order chi connectivity index (χ1) is 9.95. The van der Waals surface area contributed by atoms with E-state index < -0.39 is 5.97 Å². The molecule has 4 nitrogen and oxygen atoms in total. The molecule has 0 fully saturated rings. The molecule has 0 saturated carbocycles. The highest BCUT2D eigenvalue weighted by molar-refractivity contribution is 9.10. The number of carbonyl (C=O) groups is 1. The minimum atomic E-state index is -0.978. The Bertz CT molecular complexity index is 644. The smallest absolute Gasteiger partial charge is 0.323 e. The van der Waals surface area contributed by atoms with Gasteiger partial charge in [-0.25, -0.2) is 4.39 Å². The summed E-state index contributed by atoms with van der Waals surface area (Å²) in [7, 11) is 0. The minimum Gasteiger partial charge on any atom is -0.480 e. The highest BCUT2D eigenvalue weighted by Crippen LogP contribution is 2.25. The number of anilines is 2. The second kappa shape index (κ2) is 6.58. The predicted octanol–water partition coefficient (Wildman–Crippen LogP) is 3.26. The van der Waals surface area contributed by atoms with Gasteiger partial charge in [0.15, 0.2) is 0 Å². The Morgan fingerprint density at radius 2 is 2.00 bits per heavy atom. The van der Waals surface area contributed by atoms with Crippen LogP contribution >= 0.6 is 15.9 Å². The van der Waals surface area contributed by atoms with Crippen molar-refractivity contribution in [1.82, 2.24) is 0 Å². The van der Waals surface area contributed by atoms with Crippen LogP contribution in [0, 0.1) is 5.82 Å². The van der Waals surface area contributed by atoms with E-state index >= 15 is 0 Å². The molecule has 3 N–H and O–H groups in total. The molecule has 0 atom stereocenters. The zero-order chi connectivity index (χ0) is 15.4. The maximum atomic E-state index is 13.4. The summed E-state index contributed by atoms with van der Waals surface area (Å²) < 4.78 is 14.0. The molecule has 0 saturated heterocycles. The Morgan fingerprint density at radius 3 is 2.62 bits per heavy atom. The van der Waals surface area contributed by atoms with Crippen molar-refractivity contribution in [2.45, 2.75) is 6.54 Å². The van der Waals surface area contributed by atoms with Gasteiger partial charge in [-0.2, -0.15) is 0 Å². The zero-order valence-corrected chi connectivity index (χ0v) is 12.7. The average molecular weight is 353 g/mol. The van der Waals surface area contributed by atoms with Crippen molar-refractivity contribution in [2.75, 3.05) is 17.2 Å². The number of rotatable bonds is 5. The molecular weight excluding hydrogens is 339 g/mol. The van der Waals surface area contributed by atoms with Crippen LogP contribution in [-0.4, -0.2) is 17.6 Å². The molecule has 0 aliphatic heterocycles. The van der Waals surface area contributed by atoms with Crippen molar-refractivity contribution in [3.05, 3.63) is 58.3 Å². The third-order valence-corrected chi connectivity index (χ3v) is 3.36. The number of hydrogen-bond acceptors (Lipinski definition) is 3. The molecule has 0 aromatic heterocycles. The van der Waals surface area contributed by atoms with E-state index in [4.69, 9.17) is 10.8 Å². The first-order valence-corrected chi connectivity index (χ1v) is 7.01. The highest BCUT2D eigenvalue weighted by atomic mass is 79.9. The fourth-order valence-corrected chi connectivity index (χ4v) is 2.60. The van der Waals surface area contributed by atoms with Crippen molar-refractivity contribution in [2.24, 2.45) is 0 Å². The summed E-state index contributed by atoms with van der Waals surface area (Å²) in [4.78, 5) is 12.6. The summed E-state index contributed by atoms with van der Waals surface area (Å²) in [6.45, 7) is 0.0270. The van der Waals surface area contributed by atoms with Crippen LogP contribution in [0.4, 0.5) is 15.8 Å². The topological polar surface area (TPSA) is 66.6 Å². The normalized spacial score (nSPS) is 10.4. The average Bonchev–Trinajstić information content (AvgIpc) is 2.36. The van der Waals surface area contributed by atoms with Gasteiger partial charge in [0.2, 0.25) is 0 Å². The van der Waals surface area contributed by atoms with Gasteiger partial charge in [0, 0.05) is 11.0 Å². The van der Waals surface area contributed by atoms with Gasteiger partial charge >= 0.3 is 5.97 Å². The summed E-state index contributed by atoms with van der Waals surface area (Å²) in [6, 6.07) is 11.5. The lowest BCUT2D eigenvalue weighted by atomic mass is 10.1. The number of halogens is 2. The molecule has 0 amide bonds. The van der Waals surface area contributed by atoms with E-state index in [2.05, 4.69) is 15.9 Å². The van der Waals surface area contributed by atoms with Crippen molar-refractivity contribution in [3.63, 3.8) is 0 Å². The molecule has 2 rings (SSSR count). The number of aliphatic carboxylic acids is 1. The van der Waals surface area contributed by atoms with Gasteiger partial charge in [-0.1, -0.05) is 28.1 Å². The summed E-state index contributed by atoms with van der Waals surface area (Å²) >= 11 is 3.22. The number of benzene rings is 2. The van der Waals surface area contributed by atoms with Gasteiger partial charge in [0.1, 0.15) is 12.4 Å². The van der Waals surface area contributed by atoms with Crippen LogP contribution < -0.4 is 10.6 Å². The Labute approximate surface area is 130 Å². The number of carboxylic acid groups (broad SMARTS) is 1. The molecule has 0 aliphatic rings. The maximum absolute atomic E-state index is 13.4. The molecular formula is C15H14BrFN2O2. The monoisotopic (exact) mass is 352 g/mol. The fourth-order valence-electron chi connectivity index (χ4n) is 2.09. The third kappa shape index (κ3) is 4.19. The standard InChI is InChI=1S/C15H14BrFN2O2/c16-11-5-10(6-12(17)7-11)8-19(9-15(20)21)14-4-2-1-3-13(14)18/h1-7H,8-9,18H2,(H,20,21). The number of hydrogen-bond donors (Lipinski definition) is 2. The van der Waals surface area contributed by atoms with E-state index in [-0.39, 0.29) is 18.9 Å². The van der Waals surface area contributed by atoms with E-state index in [0.717, 1.165) is 0 Å². The fraction of sp³-hybridized carbons (Fsp3) is 0.133. The minimum absolute atomic E-state index is 0.220. The molecule has 0 spiro atoms. The number of nitrogens with zero attached hydrogens (tertiary/aromatic N) is 1. The van der Waals surface area contributed by atoms with Crippen molar-refractivity contribution in [1.29, 1.82) is 0 Å². The quantitative estimate of drug-likeness (QED) is 0.810. The molecule has 0 aliphatic carbocycles. The van der Waals surface area contributed by atoms with Crippen molar-refractivity contribution < 1.29 is 14.3 Å².